The molecule has 164 valence electrons. The Morgan fingerprint density at radius 1 is 1.03 bits per heavy atom. The first-order valence-electron chi connectivity index (χ1n) is 10.1. The van der Waals surface area contributed by atoms with Crippen LogP contribution in [-0.2, 0) is 14.8 Å². The number of rotatable bonds is 3. The summed E-state index contributed by atoms with van der Waals surface area (Å²) in [4.78, 5) is 26.4. The summed E-state index contributed by atoms with van der Waals surface area (Å²) < 4.78 is 33.1. The van der Waals surface area contributed by atoms with Crippen LogP contribution in [0.2, 0.25) is 0 Å². The van der Waals surface area contributed by atoms with E-state index in [0.29, 0.717) is 30.1 Å². The number of piperazine rings is 1. The molecule has 1 atom stereocenters. The predicted octanol–water partition coefficient (Wildman–Crippen LogP) is 2.17. The van der Waals surface area contributed by atoms with Gasteiger partial charge in [0.2, 0.25) is 10.0 Å². The Kier molecular flexibility index (Phi) is 5.49. The number of carbonyl (C=O) groups excluding carboxylic acids is 2. The van der Waals surface area contributed by atoms with E-state index in [1.165, 1.54) is 16.4 Å². The summed E-state index contributed by atoms with van der Waals surface area (Å²) in [6.07, 6.45) is -0.627. The smallest absolute Gasteiger partial charge is 0.265 e. The monoisotopic (exact) mass is 443 g/mol. The molecule has 9 heteroatoms. The zero-order valence-electron chi connectivity index (χ0n) is 17.7. The van der Waals surface area contributed by atoms with Crippen LogP contribution in [0.3, 0.4) is 0 Å². The molecule has 4 rings (SSSR count). The molecule has 2 amide bonds. The Morgan fingerprint density at radius 2 is 1.74 bits per heavy atom. The SMILES string of the molecule is Cc1ccc(C(=O)N2CCN(S(=O)(=O)c3ccc4c(c3)NC(=O)[C@H](C)O4)CC2)cc1C. The van der Waals surface area contributed by atoms with Crippen LogP contribution in [0.4, 0.5) is 5.69 Å². The van der Waals surface area contributed by atoms with E-state index >= 15 is 0 Å². The molecular formula is C22H25N3O5S. The maximum Gasteiger partial charge on any atom is 0.265 e. The lowest BCUT2D eigenvalue weighted by Crippen LogP contribution is -2.50. The van der Waals surface area contributed by atoms with Gasteiger partial charge in [-0.1, -0.05) is 6.07 Å². The van der Waals surface area contributed by atoms with Crippen LogP contribution in [-0.4, -0.2) is 61.7 Å². The van der Waals surface area contributed by atoms with Crippen LogP contribution < -0.4 is 10.1 Å². The first-order valence-corrected chi connectivity index (χ1v) is 11.6. The summed E-state index contributed by atoms with van der Waals surface area (Å²) in [5.41, 5.74) is 3.12. The molecule has 1 N–H and O–H groups in total. The Hall–Kier alpha value is -2.91. The number of anilines is 1. The van der Waals surface area contributed by atoms with E-state index in [1.807, 2.05) is 26.0 Å². The highest BCUT2D eigenvalue weighted by atomic mass is 32.2. The first kappa shape index (κ1) is 21.3. The van der Waals surface area contributed by atoms with E-state index < -0.39 is 16.1 Å². The van der Waals surface area contributed by atoms with Gasteiger partial charge in [0.25, 0.3) is 11.8 Å². The molecule has 2 heterocycles. The Labute approximate surface area is 181 Å². The number of fused-ring (bicyclic) bond motifs is 1. The minimum atomic E-state index is -3.76. The second-order valence-electron chi connectivity index (χ2n) is 7.90. The summed E-state index contributed by atoms with van der Waals surface area (Å²) >= 11 is 0. The number of ether oxygens (including phenoxy) is 1. The van der Waals surface area contributed by atoms with Crippen LogP contribution in [0.1, 0.15) is 28.4 Å². The number of amides is 2. The highest BCUT2D eigenvalue weighted by Crippen LogP contribution is 2.33. The zero-order valence-corrected chi connectivity index (χ0v) is 18.5. The third kappa shape index (κ3) is 4.03. The topological polar surface area (TPSA) is 96.0 Å². The van der Waals surface area contributed by atoms with Crippen LogP contribution in [0, 0.1) is 13.8 Å². The van der Waals surface area contributed by atoms with Gasteiger partial charge >= 0.3 is 0 Å². The average molecular weight is 444 g/mol. The normalized spacial score (nSPS) is 19.4. The molecule has 1 fully saturated rings. The lowest BCUT2D eigenvalue weighted by Gasteiger charge is -2.34. The molecule has 0 spiro atoms. The minimum Gasteiger partial charge on any atom is -0.479 e. The van der Waals surface area contributed by atoms with E-state index in [1.54, 1.807) is 24.0 Å². The van der Waals surface area contributed by atoms with Gasteiger partial charge in [0.15, 0.2) is 6.10 Å². The number of carbonyl (C=O) groups is 2. The van der Waals surface area contributed by atoms with Crippen LogP contribution >= 0.6 is 0 Å². The second kappa shape index (κ2) is 7.97. The predicted molar refractivity (Wildman–Crippen MR) is 116 cm³/mol. The van der Waals surface area contributed by atoms with Crippen LogP contribution in [0.25, 0.3) is 0 Å². The standard InChI is InChI=1S/C22H25N3O5S/c1-14-4-5-17(12-15(14)2)22(27)24-8-10-25(11-9-24)31(28,29)18-6-7-20-19(13-18)23-21(26)16(3)30-20/h4-7,12-13,16H,8-11H2,1-3H3,(H,23,26)/t16-/m0/s1. The lowest BCUT2D eigenvalue weighted by molar-refractivity contribution is -0.122. The highest BCUT2D eigenvalue weighted by Gasteiger charge is 2.32. The number of aryl methyl sites for hydroxylation is 2. The van der Waals surface area contributed by atoms with Gasteiger partial charge < -0.3 is 15.0 Å². The van der Waals surface area contributed by atoms with Gasteiger partial charge in [0.1, 0.15) is 5.75 Å². The van der Waals surface area contributed by atoms with Crippen molar-refractivity contribution in [3.05, 3.63) is 53.1 Å². The number of nitrogens with zero attached hydrogens (tertiary/aromatic N) is 2. The highest BCUT2D eigenvalue weighted by molar-refractivity contribution is 7.89. The van der Waals surface area contributed by atoms with Crippen molar-refractivity contribution >= 4 is 27.5 Å². The van der Waals surface area contributed by atoms with Crippen LogP contribution in [0.5, 0.6) is 5.75 Å². The largest absolute Gasteiger partial charge is 0.479 e. The summed E-state index contributed by atoms with van der Waals surface area (Å²) in [5.74, 6) is 0.0262. The second-order valence-corrected chi connectivity index (χ2v) is 9.84. The van der Waals surface area contributed by atoms with Gasteiger partial charge in [-0.2, -0.15) is 4.31 Å². The molecule has 31 heavy (non-hydrogen) atoms. The van der Waals surface area contributed by atoms with Crippen molar-refractivity contribution in [3.8, 4) is 5.75 Å². The third-order valence-electron chi connectivity index (χ3n) is 5.80. The molecule has 0 bridgehead atoms. The summed E-state index contributed by atoms with van der Waals surface area (Å²) in [6, 6.07) is 10.0. The van der Waals surface area contributed by atoms with Crippen LogP contribution in [0.15, 0.2) is 41.3 Å². The first-order chi connectivity index (χ1) is 14.7. The Morgan fingerprint density at radius 3 is 2.42 bits per heavy atom. The molecule has 8 nitrogen and oxygen atoms in total. The molecule has 1 saturated heterocycles. The molecule has 2 aromatic carbocycles. The Bertz CT molecular complexity index is 1150. The van der Waals surface area contributed by atoms with E-state index in [-0.39, 0.29) is 29.8 Å². The molecule has 0 aromatic heterocycles. The van der Waals surface area contributed by atoms with Gasteiger partial charge in [0.05, 0.1) is 10.6 Å². The van der Waals surface area contributed by atoms with Gasteiger partial charge in [-0.3, -0.25) is 9.59 Å². The molecule has 2 aliphatic rings. The van der Waals surface area contributed by atoms with E-state index in [2.05, 4.69) is 5.32 Å². The van der Waals surface area contributed by atoms with E-state index in [4.69, 9.17) is 4.74 Å². The molecule has 0 saturated carbocycles. The molecule has 0 aliphatic carbocycles. The van der Waals surface area contributed by atoms with Gasteiger partial charge in [-0.05, 0) is 62.2 Å². The zero-order chi connectivity index (χ0) is 22.3. The summed E-state index contributed by atoms with van der Waals surface area (Å²) in [5, 5.41) is 2.67. The Balaban J connectivity index is 1.47. The number of hydrogen-bond acceptors (Lipinski definition) is 5. The van der Waals surface area contributed by atoms with Gasteiger partial charge in [-0.25, -0.2) is 8.42 Å². The third-order valence-corrected chi connectivity index (χ3v) is 7.69. The maximum absolute atomic E-state index is 13.1. The lowest BCUT2D eigenvalue weighted by atomic mass is 10.1. The fraction of sp³-hybridized carbons (Fsp3) is 0.364. The quantitative estimate of drug-likeness (QED) is 0.784. The molecule has 0 unspecified atom stereocenters. The molecule has 2 aromatic rings. The van der Waals surface area contributed by atoms with Gasteiger partial charge in [-0.15, -0.1) is 0 Å². The number of sulfonamides is 1. The van der Waals surface area contributed by atoms with Crippen molar-refractivity contribution in [2.75, 3.05) is 31.5 Å². The van der Waals surface area contributed by atoms with E-state index in [9.17, 15) is 18.0 Å². The van der Waals surface area contributed by atoms with Crippen molar-refractivity contribution in [1.82, 2.24) is 9.21 Å². The summed E-state index contributed by atoms with van der Waals surface area (Å²) in [7, 11) is -3.76. The molecule has 0 radical (unpaired) electrons. The number of benzene rings is 2. The fourth-order valence-electron chi connectivity index (χ4n) is 3.69. The number of nitrogens with one attached hydrogen (secondary N) is 1. The van der Waals surface area contributed by atoms with Crippen molar-refractivity contribution in [2.24, 2.45) is 0 Å². The average Bonchev–Trinajstić information content (AvgIpc) is 2.75. The van der Waals surface area contributed by atoms with Crippen molar-refractivity contribution in [3.63, 3.8) is 0 Å². The molecule has 2 aliphatic heterocycles. The maximum atomic E-state index is 13.1. The molecular weight excluding hydrogens is 418 g/mol. The number of hydrogen-bond donors (Lipinski definition) is 1. The van der Waals surface area contributed by atoms with Crippen molar-refractivity contribution in [2.45, 2.75) is 31.8 Å². The van der Waals surface area contributed by atoms with Gasteiger partial charge in [0, 0.05) is 31.7 Å². The minimum absolute atomic E-state index is 0.0821. The van der Waals surface area contributed by atoms with E-state index in [0.717, 1.165) is 11.1 Å². The fourth-order valence-corrected chi connectivity index (χ4v) is 5.13. The van der Waals surface area contributed by atoms with Crippen molar-refractivity contribution in [1.29, 1.82) is 0 Å². The van der Waals surface area contributed by atoms with Crippen molar-refractivity contribution < 1.29 is 22.7 Å². The summed E-state index contributed by atoms with van der Waals surface area (Å²) in [6.45, 7) is 6.61.